The smallest absolute Gasteiger partial charge is 0.210 e. The van der Waals surface area contributed by atoms with E-state index in [1.54, 1.807) is 12.1 Å². The normalized spacial score (nSPS) is 12.6. The van der Waals surface area contributed by atoms with Crippen molar-refractivity contribution in [2.45, 2.75) is 9.79 Å². The van der Waals surface area contributed by atoms with Crippen LogP contribution < -0.4 is 9.44 Å². The van der Waals surface area contributed by atoms with Gasteiger partial charge in [0.05, 0.1) is 9.79 Å². The van der Waals surface area contributed by atoms with Crippen molar-refractivity contribution in [3.63, 3.8) is 0 Å². The number of nitrogens with one attached hydrogen (secondary N) is 2. The highest BCUT2D eigenvalue weighted by molar-refractivity contribution is 7.90. The van der Waals surface area contributed by atoms with Crippen LogP contribution in [0.3, 0.4) is 0 Å². The molecule has 10 heteroatoms. The van der Waals surface area contributed by atoms with Gasteiger partial charge in [-0.05, 0) is 12.1 Å². The molecular weight excluding hydrogens is 388 g/mol. The summed E-state index contributed by atoms with van der Waals surface area (Å²) in [6.45, 7) is 0.368. The van der Waals surface area contributed by atoms with Gasteiger partial charge in [0.15, 0.2) is 0 Å². The summed E-state index contributed by atoms with van der Waals surface area (Å²) in [6, 6.07) is 9.11. The van der Waals surface area contributed by atoms with Crippen LogP contribution in [0.1, 0.15) is 0 Å². The summed E-state index contributed by atoms with van der Waals surface area (Å²) in [5, 5.41) is 0.691. The molecule has 0 radical (unpaired) electrons. The van der Waals surface area contributed by atoms with Crippen LogP contribution in [0.4, 0.5) is 0 Å². The number of fused-ring (bicyclic) bond motifs is 1. The second-order valence-corrected chi connectivity index (χ2v) is 9.22. The number of hydrogen-bond donors (Lipinski definition) is 4. The first-order chi connectivity index (χ1) is 11.3. The molecule has 24 heavy (non-hydrogen) atoms. The summed E-state index contributed by atoms with van der Waals surface area (Å²) in [4.78, 5) is 0.0704. The molecule has 132 valence electrons. The van der Waals surface area contributed by atoms with E-state index in [1.807, 2.05) is 0 Å². The van der Waals surface area contributed by atoms with Crippen LogP contribution in [-0.4, -0.2) is 41.4 Å². The van der Waals surface area contributed by atoms with E-state index in [-0.39, 0.29) is 22.9 Å². The van der Waals surface area contributed by atoms with Gasteiger partial charge in [0.2, 0.25) is 20.0 Å². The van der Waals surface area contributed by atoms with Crippen LogP contribution in [0.15, 0.2) is 46.2 Å². The SMILES string of the molecule is O=S(=O)(NCCS)c1cccc2c(S(=O)(=O)NCCS)cccc12. The zero-order chi connectivity index (χ0) is 17.8. The third-order valence-corrected chi connectivity index (χ3v) is 6.71. The highest BCUT2D eigenvalue weighted by atomic mass is 32.2. The van der Waals surface area contributed by atoms with Crippen LogP contribution >= 0.6 is 25.3 Å². The lowest BCUT2D eigenvalue weighted by molar-refractivity contribution is 0.582. The van der Waals surface area contributed by atoms with Crippen molar-refractivity contribution in [3.05, 3.63) is 36.4 Å². The van der Waals surface area contributed by atoms with Gasteiger partial charge in [0, 0.05) is 35.4 Å². The van der Waals surface area contributed by atoms with Gasteiger partial charge < -0.3 is 0 Å². The first kappa shape index (κ1) is 19.5. The van der Waals surface area contributed by atoms with E-state index in [0.717, 1.165) is 0 Å². The Balaban J connectivity index is 2.63. The summed E-state index contributed by atoms with van der Waals surface area (Å²) in [7, 11) is -7.51. The van der Waals surface area contributed by atoms with Gasteiger partial charge in [0.1, 0.15) is 0 Å². The second kappa shape index (κ2) is 8.07. The lowest BCUT2D eigenvalue weighted by Gasteiger charge is -2.12. The number of sulfonamides is 2. The molecule has 0 heterocycles. The molecule has 0 bridgehead atoms. The van der Waals surface area contributed by atoms with Crippen LogP contribution in [-0.2, 0) is 20.0 Å². The molecule has 2 aromatic rings. The molecule has 0 aliphatic carbocycles. The molecule has 2 rings (SSSR count). The Bertz CT molecular complexity index is 850. The fourth-order valence-electron chi connectivity index (χ4n) is 2.24. The molecule has 0 unspecified atom stereocenters. The predicted molar refractivity (Wildman–Crippen MR) is 102 cm³/mol. The molecule has 2 aromatic carbocycles. The topological polar surface area (TPSA) is 92.3 Å². The van der Waals surface area contributed by atoms with E-state index in [0.29, 0.717) is 22.3 Å². The zero-order valence-corrected chi connectivity index (χ0v) is 16.1. The summed E-state index contributed by atoms with van der Waals surface area (Å²) in [5.41, 5.74) is 0. The average Bonchev–Trinajstić information content (AvgIpc) is 2.57. The van der Waals surface area contributed by atoms with Crippen molar-refractivity contribution in [1.82, 2.24) is 9.44 Å². The Hall–Kier alpha value is -0.780. The molecule has 0 atom stereocenters. The molecule has 0 saturated heterocycles. The van der Waals surface area contributed by atoms with E-state index in [9.17, 15) is 16.8 Å². The minimum absolute atomic E-state index is 0.0352. The second-order valence-electron chi connectivity index (χ2n) is 4.85. The van der Waals surface area contributed by atoms with Crippen molar-refractivity contribution in [1.29, 1.82) is 0 Å². The maximum Gasteiger partial charge on any atom is 0.241 e. The van der Waals surface area contributed by atoms with Crippen molar-refractivity contribution in [2.75, 3.05) is 24.6 Å². The van der Waals surface area contributed by atoms with Crippen LogP contribution in [0.5, 0.6) is 0 Å². The van der Waals surface area contributed by atoms with Gasteiger partial charge >= 0.3 is 0 Å². The minimum atomic E-state index is -3.75. The van der Waals surface area contributed by atoms with Gasteiger partial charge in [-0.2, -0.15) is 25.3 Å². The molecule has 0 saturated carbocycles. The summed E-state index contributed by atoms with van der Waals surface area (Å²) in [5.74, 6) is 0.717. The van der Waals surface area contributed by atoms with E-state index < -0.39 is 20.0 Å². The number of thiol groups is 2. The zero-order valence-electron chi connectivity index (χ0n) is 12.6. The molecular formula is C14H18N2O4S4. The lowest BCUT2D eigenvalue weighted by atomic mass is 10.1. The summed E-state index contributed by atoms with van der Waals surface area (Å²) in [6.07, 6.45) is 0. The highest BCUT2D eigenvalue weighted by Crippen LogP contribution is 2.28. The molecule has 0 fully saturated rings. The average molecular weight is 407 g/mol. The largest absolute Gasteiger partial charge is 0.241 e. The van der Waals surface area contributed by atoms with Gasteiger partial charge in [-0.15, -0.1) is 0 Å². The highest BCUT2D eigenvalue weighted by Gasteiger charge is 2.21. The number of hydrogen-bond acceptors (Lipinski definition) is 6. The maximum atomic E-state index is 12.4. The van der Waals surface area contributed by atoms with Gasteiger partial charge in [-0.25, -0.2) is 26.3 Å². The Morgan fingerprint density at radius 3 is 1.42 bits per heavy atom. The Kier molecular flexibility index (Phi) is 6.57. The minimum Gasteiger partial charge on any atom is -0.210 e. The third kappa shape index (κ3) is 4.24. The first-order valence-corrected chi connectivity index (χ1v) is 11.3. The van der Waals surface area contributed by atoms with Crippen LogP contribution in [0, 0.1) is 0 Å². The monoisotopic (exact) mass is 406 g/mol. The van der Waals surface area contributed by atoms with E-state index in [1.165, 1.54) is 24.3 Å². The molecule has 0 aliphatic rings. The third-order valence-electron chi connectivity index (χ3n) is 3.23. The van der Waals surface area contributed by atoms with Crippen molar-refractivity contribution >= 4 is 56.1 Å². The lowest BCUT2D eigenvalue weighted by Crippen LogP contribution is -2.27. The van der Waals surface area contributed by atoms with E-state index >= 15 is 0 Å². The molecule has 0 aromatic heterocycles. The number of benzene rings is 2. The van der Waals surface area contributed by atoms with E-state index in [2.05, 4.69) is 34.7 Å². The molecule has 6 nitrogen and oxygen atoms in total. The number of rotatable bonds is 8. The molecule has 0 aliphatic heterocycles. The maximum absolute atomic E-state index is 12.4. The Morgan fingerprint density at radius 1 is 0.708 bits per heavy atom. The first-order valence-electron chi connectivity index (χ1n) is 7.06. The molecule has 0 amide bonds. The summed E-state index contributed by atoms with van der Waals surface area (Å²) >= 11 is 7.97. The van der Waals surface area contributed by atoms with Crippen LogP contribution in [0.2, 0.25) is 0 Å². The Labute approximate surface area is 153 Å². The van der Waals surface area contributed by atoms with Crippen LogP contribution in [0.25, 0.3) is 10.8 Å². The van der Waals surface area contributed by atoms with Crippen molar-refractivity contribution in [3.8, 4) is 0 Å². The Morgan fingerprint density at radius 2 is 1.08 bits per heavy atom. The van der Waals surface area contributed by atoms with Gasteiger partial charge in [-0.3, -0.25) is 0 Å². The van der Waals surface area contributed by atoms with Crippen molar-refractivity contribution in [2.24, 2.45) is 0 Å². The van der Waals surface area contributed by atoms with Gasteiger partial charge in [-0.1, -0.05) is 24.3 Å². The molecule has 2 N–H and O–H groups in total. The summed E-state index contributed by atoms with van der Waals surface area (Å²) < 4.78 is 54.5. The predicted octanol–water partition coefficient (Wildman–Crippen LogP) is 1.26. The molecule has 0 spiro atoms. The van der Waals surface area contributed by atoms with E-state index in [4.69, 9.17) is 0 Å². The fraction of sp³-hybridized carbons (Fsp3) is 0.286. The standard InChI is InChI=1S/C14H18N2O4S4/c17-23(18,15-7-9-21)13-5-1-3-11-12(13)4-2-6-14(11)24(19,20)16-8-10-22/h1-6,15-16,21-22H,7-10H2. The quantitative estimate of drug-likeness (QED) is 0.497. The fourth-order valence-corrected chi connectivity index (χ4v) is 5.27. The van der Waals surface area contributed by atoms with Crippen molar-refractivity contribution < 1.29 is 16.8 Å². The van der Waals surface area contributed by atoms with Gasteiger partial charge in [0.25, 0.3) is 0 Å².